The van der Waals surface area contributed by atoms with Crippen LogP contribution in [-0.2, 0) is 6.54 Å². The van der Waals surface area contributed by atoms with Crippen molar-refractivity contribution in [3.63, 3.8) is 0 Å². The zero-order valence-electron chi connectivity index (χ0n) is 19.9. The number of nitrogens with one attached hydrogen (secondary N) is 1. The number of hydrogen-bond acceptors (Lipinski definition) is 3. The van der Waals surface area contributed by atoms with Gasteiger partial charge in [0.1, 0.15) is 0 Å². The van der Waals surface area contributed by atoms with Crippen LogP contribution in [0, 0.1) is 13.8 Å². The van der Waals surface area contributed by atoms with Crippen LogP contribution in [0.1, 0.15) is 59.3 Å². The molecule has 0 spiro atoms. The molecule has 1 aliphatic carbocycles. The number of nitrogens with zero attached hydrogens (tertiary/aromatic N) is 4. The predicted molar refractivity (Wildman–Crippen MR) is 135 cm³/mol. The highest BCUT2D eigenvalue weighted by Gasteiger charge is 2.16. The summed E-state index contributed by atoms with van der Waals surface area (Å²) in [7, 11) is 0. The molecule has 0 unspecified atom stereocenters. The third-order valence-corrected chi connectivity index (χ3v) is 6.52. The minimum Gasteiger partial charge on any atom is -0.352 e. The van der Waals surface area contributed by atoms with Gasteiger partial charge in [0.05, 0.1) is 11.9 Å². The number of rotatable bonds is 7. The van der Waals surface area contributed by atoms with Crippen LogP contribution in [0.3, 0.4) is 0 Å². The smallest absolute Gasteiger partial charge is 0.251 e. The molecule has 5 rings (SSSR count). The highest BCUT2D eigenvalue weighted by atomic mass is 16.1. The van der Waals surface area contributed by atoms with Gasteiger partial charge in [-0.2, -0.15) is 5.10 Å². The lowest BCUT2D eigenvalue weighted by Gasteiger charge is -2.13. The van der Waals surface area contributed by atoms with Crippen molar-refractivity contribution in [1.29, 1.82) is 0 Å². The Bertz CT molecular complexity index is 1330. The number of carbonyl (C=O) groups is 1. The molecule has 0 saturated heterocycles. The molecular formula is C28H31N5O. The second-order valence-corrected chi connectivity index (χ2v) is 9.16. The minimum absolute atomic E-state index is 0.0182. The molecule has 1 aliphatic rings. The molecule has 0 aliphatic heterocycles. The van der Waals surface area contributed by atoms with Crippen molar-refractivity contribution < 1.29 is 4.79 Å². The number of aromatic nitrogens is 4. The van der Waals surface area contributed by atoms with Crippen LogP contribution in [0.4, 0.5) is 0 Å². The summed E-state index contributed by atoms with van der Waals surface area (Å²) in [5.41, 5.74) is 6.25. The maximum absolute atomic E-state index is 12.6. The van der Waals surface area contributed by atoms with Crippen molar-refractivity contribution in [1.82, 2.24) is 24.6 Å². The van der Waals surface area contributed by atoms with Gasteiger partial charge >= 0.3 is 0 Å². The number of amides is 1. The lowest BCUT2D eigenvalue weighted by Crippen LogP contribution is -2.24. The summed E-state index contributed by atoms with van der Waals surface area (Å²) in [4.78, 5) is 17.4. The van der Waals surface area contributed by atoms with Crippen LogP contribution in [0.25, 0.3) is 16.9 Å². The van der Waals surface area contributed by atoms with Crippen LogP contribution in [0.2, 0.25) is 0 Å². The first-order chi connectivity index (χ1) is 16.6. The van der Waals surface area contributed by atoms with E-state index in [0.717, 1.165) is 40.1 Å². The minimum atomic E-state index is -0.0182. The number of carbonyl (C=O) groups excluding carboxylic acids is 1. The summed E-state index contributed by atoms with van der Waals surface area (Å²) in [5.74, 6) is 0.865. The largest absolute Gasteiger partial charge is 0.352 e. The zero-order valence-corrected chi connectivity index (χ0v) is 19.9. The summed E-state index contributed by atoms with van der Waals surface area (Å²) >= 11 is 0. The van der Waals surface area contributed by atoms with Gasteiger partial charge in [-0.05, 0) is 87.4 Å². The van der Waals surface area contributed by atoms with Crippen LogP contribution >= 0.6 is 0 Å². The second-order valence-electron chi connectivity index (χ2n) is 9.16. The first-order valence-corrected chi connectivity index (χ1v) is 12.1. The molecule has 1 N–H and O–H groups in total. The Balaban J connectivity index is 1.31. The number of pyridine rings is 1. The maximum Gasteiger partial charge on any atom is 0.251 e. The molecule has 6 nitrogen and oxygen atoms in total. The summed E-state index contributed by atoms with van der Waals surface area (Å²) in [6.07, 6.45) is 12.2. The number of benzene rings is 1. The van der Waals surface area contributed by atoms with Gasteiger partial charge < -0.3 is 9.88 Å². The van der Waals surface area contributed by atoms with E-state index in [0.29, 0.717) is 18.7 Å². The number of aryl methyl sites for hydroxylation is 2. The number of allylic oxidation sites excluding steroid dienone is 1. The molecule has 1 amide bonds. The second kappa shape index (κ2) is 9.67. The lowest BCUT2D eigenvalue weighted by atomic mass is 9.97. The quantitative estimate of drug-likeness (QED) is 0.375. The Morgan fingerprint density at radius 3 is 2.62 bits per heavy atom. The Labute approximate surface area is 200 Å². The fraction of sp³-hybridized carbons (Fsp3) is 0.321. The van der Waals surface area contributed by atoms with E-state index in [1.54, 1.807) is 0 Å². The first-order valence-electron chi connectivity index (χ1n) is 12.1. The van der Waals surface area contributed by atoms with E-state index in [1.807, 2.05) is 65.0 Å². The Hall–Kier alpha value is -3.67. The highest BCUT2D eigenvalue weighted by Crippen LogP contribution is 2.26. The van der Waals surface area contributed by atoms with E-state index in [9.17, 15) is 4.79 Å². The zero-order chi connectivity index (χ0) is 23.5. The third-order valence-electron chi connectivity index (χ3n) is 6.52. The summed E-state index contributed by atoms with van der Waals surface area (Å²) in [6, 6.07) is 13.9. The molecule has 34 heavy (non-hydrogen) atoms. The topological polar surface area (TPSA) is 64.7 Å². The van der Waals surface area contributed by atoms with Crippen molar-refractivity contribution in [2.45, 2.75) is 52.5 Å². The molecule has 0 bridgehead atoms. The molecule has 4 aromatic rings. The fourth-order valence-electron chi connectivity index (χ4n) is 4.76. The normalized spacial score (nSPS) is 13.8. The van der Waals surface area contributed by atoms with E-state index in [-0.39, 0.29) is 5.91 Å². The Morgan fingerprint density at radius 2 is 1.88 bits per heavy atom. The average Bonchev–Trinajstić information content (AvgIpc) is 3.49. The molecule has 0 radical (unpaired) electrons. The Morgan fingerprint density at radius 1 is 1.09 bits per heavy atom. The van der Waals surface area contributed by atoms with Crippen LogP contribution < -0.4 is 5.32 Å². The van der Waals surface area contributed by atoms with E-state index >= 15 is 0 Å². The van der Waals surface area contributed by atoms with Crippen LogP contribution in [0.15, 0.2) is 66.5 Å². The van der Waals surface area contributed by atoms with Gasteiger partial charge in [-0.1, -0.05) is 23.8 Å². The van der Waals surface area contributed by atoms with Crippen molar-refractivity contribution in [2.24, 2.45) is 0 Å². The van der Waals surface area contributed by atoms with Crippen LogP contribution in [0.5, 0.6) is 0 Å². The van der Waals surface area contributed by atoms with Gasteiger partial charge in [0.25, 0.3) is 5.91 Å². The fourth-order valence-corrected chi connectivity index (χ4v) is 4.76. The molecule has 3 aromatic heterocycles. The molecule has 174 valence electrons. The molecule has 1 aromatic carbocycles. The summed E-state index contributed by atoms with van der Waals surface area (Å²) < 4.78 is 3.98. The molecular weight excluding hydrogens is 422 g/mol. The predicted octanol–water partition coefficient (Wildman–Crippen LogP) is 5.51. The first kappa shape index (κ1) is 22.1. The van der Waals surface area contributed by atoms with Gasteiger partial charge in [0, 0.05) is 30.2 Å². The van der Waals surface area contributed by atoms with Crippen LogP contribution in [-0.4, -0.2) is 31.8 Å². The number of hydrogen-bond donors (Lipinski definition) is 1. The summed E-state index contributed by atoms with van der Waals surface area (Å²) in [6.45, 7) is 5.40. The van der Waals surface area contributed by atoms with Gasteiger partial charge in [-0.25, -0.2) is 9.67 Å². The van der Waals surface area contributed by atoms with E-state index < -0.39 is 0 Å². The van der Waals surface area contributed by atoms with Crippen molar-refractivity contribution >= 4 is 16.9 Å². The van der Waals surface area contributed by atoms with E-state index in [4.69, 9.17) is 10.1 Å². The van der Waals surface area contributed by atoms with Crippen molar-refractivity contribution in [3.05, 3.63) is 88.9 Å². The van der Waals surface area contributed by atoms with E-state index in [2.05, 4.69) is 24.4 Å². The van der Waals surface area contributed by atoms with Gasteiger partial charge in [-0.3, -0.25) is 4.79 Å². The number of fused-ring (bicyclic) bond motifs is 1. The highest BCUT2D eigenvalue weighted by molar-refractivity contribution is 5.94. The molecule has 0 saturated carbocycles. The molecule has 6 heteroatoms. The molecule has 0 fully saturated rings. The average molecular weight is 454 g/mol. The third kappa shape index (κ3) is 4.67. The standard InChI is InChI=1S/C28H31N5O/c1-20-18-21(2)30-26-25(20)27(32-16-6-7-17-32)31-33(26)19-23-10-12-24(13-11-23)28(34)29-15-14-22-8-4-3-5-9-22/h6-8,10-13,16-18H,3-5,9,14-15,19H2,1-2H3,(H,29,34). The van der Waals surface area contributed by atoms with E-state index in [1.165, 1.54) is 31.3 Å². The SMILES string of the molecule is Cc1cc(C)c2c(-n3cccc3)nn(Cc3ccc(C(=O)NCCC4=CCCCC4)cc3)c2n1. The maximum atomic E-state index is 12.6. The van der Waals surface area contributed by atoms with Gasteiger partial charge in [0.2, 0.25) is 0 Å². The monoisotopic (exact) mass is 453 g/mol. The van der Waals surface area contributed by atoms with Gasteiger partial charge in [-0.15, -0.1) is 0 Å². The molecule has 0 atom stereocenters. The molecule has 3 heterocycles. The Kier molecular flexibility index (Phi) is 6.30. The lowest BCUT2D eigenvalue weighted by molar-refractivity contribution is 0.0954. The van der Waals surface area contributed by atoms with Gasteiger partial charge in [0.15, 0.2) is 11.5 Å². The summed E-state index contributed by atoms with van der Waals surface area (Å²) in [5, 5.41) is 9.03. The van der Waals surface area contributed by atoms with Crippen molar-refractivity contribution in [3.8, 4) is 5.82 Å². The van der Waals surface area contributed by atoms with Crippen molar-refractivity contribution in [2.75, 3.05) is 6.54 Å².